The second-order valence-corrected chi connectivity index (χ2v) is 6.15. The number of aromatic nitrogens is 2. The Morgan fingerprint density at radius 2 is 2.10 bits per heavy atom. The van der Waals surface area contributed by atoms with Crippen molar-refractivity contribution in [3.63, 3.8) is 0 Å². The molecular weight excluding hydrogens is 258 g/mol. The lowest BCUT2D eigenvalue weighted by Crippen LogP contribution is -2.36. The molecule has 21 heavy (non-hydrogen) atoms. The van der Waals surface area contributed by atoms with Crippen molar-refractivity contribution in [2.45, 2.75) is 57.7 Å². The van der Waals surface area contributed by atoms with E-state index in [0.717, 1.165) is 6.42 Å². The molecule has 0 spiro atoms. The molecule has 1 aromatic carbocycles. The Morgan fingerprint density at radius 1 is 1.29 bits per heavy atom. The Kier molecular flexibility index (Phi) is 4.39. The van der Waals surface area contributed by atoms with Gasteiger partial charge in [-0.25, -0.2) is 4.98 Å². The van der Waals surface area contributed by atoms with Crippen LogP contribution in [0.3, 0.4) is 0 Å². The number of rotatable bonds is 5. The van der Waals surface area contributed by atoms with E-state index in [1.807, 2.05) is 12.5 Å². The normalized spacial score (nSPS) is 23.3. The maximum absolute atomic E-state index is 4.20. The van der Waals surface area contributed by atoms with E-state index in [0.29, 0.717) is 18.1 Å². The molecule has 1 fully saturated rings. The highest BCUT2D eigenvalue weighted by Crippen LogP contribution is 2.32. The van der Waals surface area contributed by atoms with E-state index in [1.54, 1.807) is 0 Å². The number of benzene rings is 1. The lowest BCUT2D eigenvalue weighted by molar-refractivity contribution is 0.348. The fourth-order valence-electron chi connectivity index (χ4n) is 3.46. The lowest BCUT2D eigenvalue weighted by Gasteiger charge is -2.27. The van der Waals surface area contributed by atoms with Gasteiger partial charge in [-0.3, -0.25) is 0 Å². The fourth-order valence-corrected chi connectivity index (χ4v) is 3.46. The summed E-state index contributed by atoms with van der Waals surface area (Å²) in [6, 6.07) is 10.5. The van der Waals surface area contributed by atoms with E-state index < -0.39 is 0 Å². The maximum Gasteiger partial charge on any atom is 0.0949 e. The van der Waals surface area contributed by atoms with E-state index in [1.165, 1.54) is 30.4 Å². The van der Waals surface area contributed by atoms with Crippen LogP contribution in [0.25, 0.3) is 0 Å². The van der Waals surface area contributed by atoms with Crippen molar-refractivity contribution in [2.75, 3.05) is 0 Å². The Morgan fingerprint density at radius 3 is 2.76 bits per heavy atom. The van der Waals surface area contributed by atoms with E-state index in [-0.39, 0.29) is 0 Å². The molecular formula is C18H25N3. The number of nitrogens with one attached hydrogen (secondary N) is 1. The number of hydrogen-bond acceptors (Lipinski definition) is 2. The third-order valence-electron chi connectivity index (χ3n) is 4.69. The molecule has 2 aromatic rings. The maximum atomic E-state index is 4.20. The van der Waals surface area contributed by atoms with Crippen LogP contribution in [0.15, 0.2) is 43.0 Å². The summed E-state index contributed by atoms with van der Waals surface area (Å²) in [4.78, 5) is 4.20. The summed E-state index contributed by atoms with van der Waals surface area (Å²) in [5, 5.41) is 3.89. The molecule has 0 aliphatic heterocycles. The second kappa shape index (κ2) is 6.44. The van der Waals surface area contributed by atoms with Crippen LogP contribution in [0.1, 0.15) is 55.8 Å². The van der Waals surface area contributed by atoms with Gasteiger partial charge in [-0.1, -0.05) is 36.8 Å². The molecule has 112 valence electrons. The van der Waals surface area contributed by atoms with Crippen molar-refractivity contribution in [3.8, 4) is 0 Å². The third kappa shape index (κ3) is 3.18. The smallest absolute Gasteiger partial charge is 0.0949 e. The molecule has 3 unspecified atom stereocenters. The zero-order valence-electron chi connectivity index (χ0n) is 13.0. The zero-order valence-corrected chi connectivity index (χ0v) is 13.0. The Hall–Kier alpha value is -1.61. The summed E-state index contributed by atoms with van der Waals surface area (Å²) < 4.78 is 2.27. The Balaban J connectivity index is 1.72. The second-order valence-electron chi connectivity index (χ2n) is 6.15. The fraction of sp³-hybridized carbons (Fsp3) is 0.500. The molecule has 1 aromatic heterocycles. The summed E-state index contributed by atoms with van der Waals surface area (Å²) in [6.45, 7) is 4.41. The molecule has 0 bridgehead atoms. The van der Waals surface area contributed by atoms with Crippen LogP contribution in [0, 0.1) is 6.92 Å². The SMILES string of the molecule is CCC(NC1CCCC1n1ccnc1)c1ccc(C)cc1. The van der Waals surface area contributed by atoms with Crippen molar-refractivity contribution in [2.24, 2.45) is 0 Å². The van der Waals surface area contributed by atoms with Crippen molar-refractivity contribution in [1.29, 1.82) is 0 Å². The monoisotopic (exact) mass is 283 g/mol. The largest absolute Gasteiger partial charge is 0.333 e. The molecule has 1 aliphatic rings. The average molecular weight is 283 g/mol. The molecule has 1 saturated carbocycles. The number of hydrogen-bond donors (Lipinski definition) is 1. The minimum atomic E-state index is 0.444. The molecule has 1 N–H and O–H groups in total. The molecule has 3 atom stereocenters. The van der Waals surface area contributed by atoms with Crippen LogP contribution in [-0.4, -0.2) is 15.6 Å². The van der Waals surface area contributed by atoms with Crippen molar-refractivity contribution in [3.05, 3.63) is 54.1 Å². The molecule has 1 aliphatic carbocycles. The minimum absolute atomic E-state index is 0.444. The Bertz CT molecular complexity index is 544. The van der Waals surface area contributed by atoms with Gasteiger partial charge in [0.1, 0.15) is 0 Å². The van der Waals surface area contributed by atoms with E-state index in [4.69, 9.17) is 0 Å². The van der Waals surface area contributed by atoms with Gasteiger partial charge in [0, 0.05) is 30.5 Å². The van der Waals surface area contributed by atoms with Gasteiger partial charge in [-0.2, -0.15) is 0 Å². The summed E-state index contributed by atoms with van der Waals surface area (Å²) in [5.41, 5.74) is 2.73. The molecule has 3 nitrogen and oxygen atoms in total. The van der Waals surface area contributed by atoms with E-state index in [9.17, 15) is 0 Å². The summed E-state index contributed by atoms with van der Waals surface area (Å²) in [6.07, 6.45) is 10.9. The van der Waals surface area contributed by atoms with Crippen molar-refractivity contribution >= 4 is 0 Å². The molecule has 3 heteroatoms. The van der Waals surface area contributed by atoms with Crippen molar-refractivity contribution in [1.82, 2.24) is 14.9 Å². The van der Waals surface area contributed by atoms with E-state index >= 15 is 0 Å². The van der Waals surface area contributed by atoms with Gasteiger partial charge in [-0.15, -0.1) is 0 Å². The number of nitrogens with zero attached hydrogens (tertiary/aromatic N) is 2. The predicted molar refractivity (Wildman–Crippen MR) is 86.2 cm³/mol. The molecule has 0 amide bonds. The van der Waals surface area contributed by atoms with Crippen LogP contribution >= 0.6 is 0 Å². The van der Waals surface area contributed by atoms with Gasteiger partial charge >= 0.3 is 0 Å². The van der Waals surface area contributed by atoms with Gasteiger partial charge < -0.3 is 9.88 Å². The summed E-state index contributed by atoms with van der Waals surface area (Å²) >= 11 is 0. The summed E-state index contributed by atoms with van der Waals surface area (Å²) in [5.74, 6) is 0. The highest BCUT2D eigenvalue weighted by atomic mass is 15.1. The molecule has 1 heterocycles. The lowest BCUT2D eigenvalue weighted by atomic mass is 10.0. The highest BCUT2D eigenvalue weighted by molar-refractivity contribution is 5.24. The van der Waals surface area contributed by atoms with Crippen LogP contribution in [-0.2, 0) is 0 Å². The third-order valence-corrected chi connectivity index (χ3v) is 4.69. The first-order valence-electron chi connectivity index (χ1n) is 8.08. The molecule has 3 rings (SSSR count). The van der Waals surface area contributed by atoms with Crippen LogP contribution in [0.2, 0.25) is 0 Å². The van der Waals surface area contributed by atoms with Crippen LogP contribution in [0.4, 0.5) is 0 Å². The number of imidazole rings is 1. The Labute approximate surface area is 127 Å². The molecule has 0 radical (unpaired) electrons. The number of aryl methyl sites for hydroxylation is 1. The quantitative estimate of drug-likeness (QED) is 0.898. The minimum Gasteiger partial charge on any atom is -0.333 e. The van der Waals surface area contributed by atoms with E-state index in [2.05, 4.69) is 59.2 Å². The highest BCUT2D eigenvalue weighted by Gasteiger charge is 2.29. The van der Waals surface area contributed by atoms with Crippen LogP contribution in [0.5, 0.6) is 0 Å². The van der Waals surface area contributed by atoms with Crippen molar-refractivity contribution < 1.29 is 0 Å². The average Bonchev–Trinajstić information content (AvgIpc) is 3.16. The molecule has 0 saturated heterocycles. The first-order chi connectivity index (χ1) is 10.3. The zero-order chi connectivity index (χ0) is 14.7. The predicted octanol–water partition coefficient (Wildman–Crippen LogP) is 4.03. The van der Waals surface area contributed by atoms with Gasteiger partial charge in [0.05, 0.1) is 6.33 Å². The van der Waals surface area contributed by atoms with Gasteiger partial charge in [-0.05, 0) is 38.2 Å². The van der Waals surface area contributed by atoms with Gasteiger partial charge in [0.2, 0.25) is 0 Å². The standard InChI is InChI=1S/C18H25N3/c1-3-16(15-9-7-14(2)8-10-15)20-17-5-4-6-18(17)21-12-11-19-13-21/h7-13,16-18,20H,3-6H2,1-2H3. The van der Waals surface area contributed by atoms with Gasteiger partial charge in [0.25, 0.3) is 0 Å². The topological polar surface area (TPSA) is 29.9 Å². The first-order valence-corrected chi connectivity index (χ1v) is 8.08. The summed E-state index contributed by atoms with van der Waals surface area (Å²) in [7, 11) is 0. The van der Waals surface area contributed by atoms with Crippen LogP contribution < -0.4 is 5.32 Å². The van der Waals surface area contributed by atoms with Gasteiger partial charge in [0.15, 0.2) is 0 Å². The first kappa shape index (κ1) is 14.3.